The van der Waals surface area contributed by atoms with E-state index in [1.807, 2.05) is 0 Å². The summed E-state index contributed by atoms with van der Waals surface area (Å²) in [5.41, 5.74) is 0. The van der Waals surface area contributed by atoms with Crippen LogP contribution >= 0.6 is 0 Å². The third-order valence-corrected chi connectivity index (χ3v) is 2.84. The zero-order valence-corrected chi connectivity index (χ0v) is 8.92. The van der Waals surface area contributed by atoms with Gasteiger partial charge in [0.05, 0.1) is 13.2 Å². The summed E-state index contributed by atoms with van der Waals surface area (Å²) in [4.78, 5) is 0. The number of aliphatic hydroxyl groups is 2. The summed E-state index contributed by atoms with van der Waals surface area (Å²) in [7, 11) is -0.132. The zero-order valence-electron chi connectivity index (χ0n) is 7.92. The third kappa shape index (κ3) is 8.20. The van der Waals surface area contributed by atoms with Gasteiger partial charge >= 0.3 is 0 Å². The molecule has 0 saturated carbocycles. The Hall–Kier alpha value is 0.0969. The van der Waals surface area contributed by atoms with Crippen molar-refractivity contribution in [2.75, 3.05) is 19.8 Å². The topological polar surface area (TPSA) is 49.7 Å². The Morgan fingerprint density at radius 3 is 2.58 bits per heavy atom. The van der Waals surface area contributed by atoms with E-state index in [1.54, 1.807) is 0 Å². The van der Waals surface area contributed by atoms with E-state index in [0.717, 1.165) is 6.42 Å². The minimum absolute atomic E-state index is 0.132. The summed E-state index contributed by atoms with van der Waals surface area (Å²) in [6.45, 7) is 5.29. The second kappa shape index (κ2) is 7.73. The Morgan fingerprint density at radius 2 is 2.08 bits per heavy atom. The molecule has 2 N–H and O–H groups in total. The van der Waals surface area contributed by atoms with Crippen molar-refractivity contribution in [2.45, 2.75) is 31.7 Å². The molecule has 0 aromatic rings. The number of aliphatic hydroxyl groups excluding tert-OH is 2. The van der Waals surface area contributed by atoms with E-state index in [0.29, 0.717) is 6.61 Å². The van der Waals surface area contributed by atoms with Crippen LogP contribution in [0.2, 0.25) is 19.1 Å². The second-order valence-corrected chi connectivity index (χ2v) is 6.14. The quantitative estimate of drug-likeness (QED) is 0.455. The van der Waals surface area contributed by atoms with Crippen LogP contribution in [-0.4, -0.2) is 44.9 Å². The lowest BCUT2D eigenvalue weighted by Crippen LogP contribution is -2.19. The predicted molar refractivity (Wildman–Crippen MR) is 50.8 cm³/mol. The van der Waals surface area contributed by atoms with Gasteiger partial charge in [0.2, 0.25) is 0 Å². The Kier molecular flexibility index (Phi) is 7.79. The van der Waals surface area contributed by atoms with Crippen molar-refractivity contribution < 1.29 is 14.9 Å². The standard InChI is InChI=1S/C8H19O3Si/c1-12(2)5-3-4-11-7-8(10)6-9/h8-10H,3-7H2,1-2H3. The summed E-state index contributed by atoms with van der Waals surface area (Å²) in [6.07, 6.45) is 0.359. The highest BCUT2D eigenvalue weighted by Gasteiger charge is 2.01. The maximum absolute atomic E-state index is 8.90. The Balaban J connectivity index is 3.00. The molecule has 0 amide bonds. The molecule has 0 saturated heterocycles. The fourth-order valence-electron chi connectivity index (χ4n) is 0.800. The van der Waals surface area contributed by atoms with Gasteiger partial charge in [0.15, 0.2) is 0 Å². The lowest BCUT2D eigenvalue weighted by atomic mass is 10.4. The molecule has 0 rings (SSSR count). The Morgan fingerprint density at radius 1 is 1.42 bits per heavy atom. The highest BCUT2D eigenvalue weighted by Crippen LogP contribution is 1.97. The van der Waals surface area contributed by atoms with Crippen molar-refractivity contribution in [3.63, 3.8) is 0 Å². The van der Waals surface area contributed by atoms with Gasteiger partial charge in [-0.3, -0.25) is 0 Å². The van der Waals surface area contributed by atoms with E-state index in [2.05, 4.69) is 13.1 Å². The highest BCUT2D eigenvalue weighted by molar-refractivity contribution is 6.55. The SMILES string of the molecule is C[Si](C)CCCOCC(O)CO. The number of rotatable bonds is 7. The van der Waals surface area contributed by atoms with Crippen molar-refractivity contribution in [2.24, 2.45) is 0 Å². The smallest absolute Gasteiger partial charge is 0.100 e. The van der Waals surface area contributed by atoms with Gasteiger partial charge in [-0.2, -0.15) is 0 Å². The van der Waals surface area contributed by atoms with Crippen molar-refractivity contribution in [1.29, 1.82) is 0 Å². The molecule has 0 spiro atoms. The van der Waals surface area contributed by atoms with E-state index in [4.69, 9.17) is 14.9 Å². The molecule has 1 unspecified atom stereocenters. The Labute approximate surface area is 76.0 Å². The number of hydrogen-bond acceptors (Lipinski definition) is 3. The van der Waals surface area contributed by atoms with Crippen LogP contribution in [0.15, 0.2) is 0 Å². The van der Waals surface area contributed by atoms with Gasteiger partial charge in [-0.15, -0.1) is 0 Å². The second-order valence-electron chi connectivity index (χ2n) is 3.22. The Bertz CT molecular complexity index is 98.3. The minimum Gasteiger partial charge on any atom is -0.394 e. The molecule has 12 heavy (non-hydrogen) atoms. The van der Waals surface area contributed by atoms with Crippen LogP contribution in [0.25, 0.3) is 0 Å². The van der Waals surface area contributed by atoms with Gasteiger partial charge in [0.25, 0.3) is 0 Å². The van der Waals surface area contributed by atoms with Crippen molar-refractivity contribution in [3.8, 4) is 0 Å². The van der Waals surface area contributed by atoms with Gasteiger partial charge in [0, 0.05) is 15.4 Å². The lowest BCUT2D eigenvalue weighted by molar-refractivity contribution is 0.00651. The van der Waals surface area contributed by atoms with Crippen LogP contribution in [0, 0.1) is 0 Å². The van der Waals surface area contributed by atoms with Crippen LogP contribution in [0.3, 0.4) is 0 Å². The van der Waals surface area contributed by atoms with Gasteiger partial charge in [-0.25, -0.2) is 0 Å². The molecule has 0 aliphatic carbocycles. The van der Waals surface area contributed by atoms with Crippen LogP contribution in [0.1, 0.15) is 6.42 Å². The van der Waals surface area contributed by atoms with Crippen LogP contribution < -0.4 is 0 Å². The number of hydrogen-bond donors (Lipinski definition) is 2. The molecule has 0 aromatic heterocycles. The fourth-order valence-corrected chi connectivity index (χ4v) is 1.65. The first-order chi connectivity index (χ1) is 5.66. The van der Waals surface area contributed by atoms with Gasteiger partial charge in [0.1, 0.15) is 6.10 Å². The predicted octanol–water partition coefficient (Wildman–Crippen LogP) is 0.501. The number of ether oxygens (including phenoxy) is 1. The molecule has 3 nitrogen and oxygen atoms in total. The van der Waals surface area contributed by atoms with Crippen LogP contribution in [0.5, 0.6) is 0 Å². The summed E-state index contributed by atoms with van der Waals surface area (Å²) in [6, 6.07) is 1.25. The summed E-state index contributed by atoms with van der Waals surface area (Å²) in [5.74, 6) is 0. The van der Waals surface area contributed by atoms with Crippen molar-refractivity contribution >= 4 is 8.80 Å². The lowest BCUT2D eigenvalue weighted by Gasteiger charge is -2.08. The first-order valence-corrected chi connectivity index (χ1v) is 7.03. The molecule has 4 heteroatoms. The normalized spacial score (nSPS) is 13.8. The molecular weight excluding hydrogens is 172 g/mol. The van der Waals surface area contributed by atoms with Crippen molar-refractivity contribution in [3.05, 3.63) is 0 Å². The zero-order chi connectivity index (χ0) is 9.40. The molecule has 0 fully saturated rings. The van der Waals surface area contributed by atoms with E-state index in [9.17, 15) is 0 Å². The van der Waals surface area contributed by atoms with Gasteiger partial charge in [-0.1, -0.05) is 19.1 Å². The highest BCUT2D eigenvalue weighted by atomic mass is 28.3. The first-order valence-electron chi connectivity index (χ1n) is 4.32. The van der Waals surface area contributed by atoms with Crippen molar-refractivity contribution in [1.82, 2.24) is 0 Å². The average Bonchev–Trinajstić information content (AvgIpc) is 2.03. The molecule has 1 radical (unpaired) electrons. The molecule has 0 aliphatic rings. The van der Waals surface area contributed by atoms with E-state index >= 15 is 0 Å². The summed E-state index contributed by atoms with van der Waals surface area (Å²) >= 11 is 0. The van der Waals surface area contributed by atoms with Crippen LogP contribution in [0.4, 0.5) is 0 Å². The van der Waals surface area contributed by atoms with Crippen LogP contribution in [-0.2, 0) is 4.74 Å². The van der Waals surface area contributed by atoms with Gasteiger partial charge in [-0.05, 0) is 6.42 Å². The molecule has 0 bridgehead atoms. The molecule has 0 aliphatic heterocycles. The molecule has 0 aromatic carbocycles. The van der Waals surface area contributed by atoms with E-state index in [1.165, 1.54) is 6.04 Å². The summed E-state index contributed by atoms with van der Waals surface area (Å²) in [5, 5.41) is 17.4. The molecule has 1 atom stereocenters. The monoisotopic (exact) mass is 191 g/mol. The first kappa shape index (κ1) is 12.1. The molecule has 73 valence electrons. The van der Waals surface area contributed by atoms with Gasteiger partial charge < -0.3 is 14.9 Å². The molecular formula is C8H19O3Si. The third-order valence-electron chi connectivity index (χ3n) is 1.49. The largest absolute Gasteiger partial charge is 0.394 e. The summed E-state index contributed by atoms with van der Waals surface area (Å²) < 4.78 is 5.14. The molecule has 0 heterocycles. The maximum Gasteiger partial charge on any atom is 0.100 e. The average molecular weight is 191 g/mol. The van der Waals surface area contributed by atoms with E-state index in [-0.39, 0.29) is 22.0 Å². The maximum atomic E-state index is 8.90. The minimum atomic E-state index is -0.710. The fraction of sp³-hybridized carbons (Fsp3) is 1.00. The van der Waals surface area contributed by atoms with E-state index < -0.39 is 6.10 Å².